The minimum absolute atomic E-state index is 0.139. The number of hydrogen-bond acceptors (Lipinski definition) is 6. The second-order valence-electron chi connectivity index (χ2n) is 6.33. The Kier molecular flexibility index (Phi) is 5.38. The normalized spacial score (nSPS) is 20.5. The summed E-state index contributed by atoms with van der Waals surface area (Å²) >= 11 is 6.05. The van der Waals surface area contributed by atoms with Crippen LogP contribution >= 0.6 is 11.6 Å². The minimum Gasteiger partial charge on any atom is -0.370 e. The summed E-state index contributed by atoms with van der Waals surface area (Å²) in [6.07, 6.45) is -0.322. The Hall–Kier alpha value is -2.20. The lowest BCUT2D eigenvalue weighted by Crippen LogP contribution is -2.45. The predicted octanol–water partition coefficient (Wildman–Crippen LogP) is 2.86. The number of sulfonamides is 1. The van der Waals surface area contributed by atoms with E-state index in [1.54, 1.807) is 12.1 Å². The third kappa shape index (κ3) is 4.22. The summed E-state index contributed by atoms with van der Waals surface area (Å²) in [7, 11) is -4.04. The average Bonchev–Trinajstić information content (AvgIpc) is 2.61. The van der Waals surface area contributed by atoms with Gasteiger partial charge in [-0.25, -0.2) is 13.6 Å². The number of ether oxygens (including phenoxy) is 1. The van der Waals surface area contributed by atoms with Gasteiger partial charge in [0, 0.05) is 23.7 Å². The van der Waals surface area contributed by atoms with Gasteiger partial charge in [0.25, 0.3) is 5.69 Å². The summed E-state index contributed by atoms with van der Waals surface area (Å²) in [6, 6.07) is 10.8. The molecule has 0 bridgehead atoms. The van der Waals surface area contributed by atoms with Crippen molar-refractivity contribution in [1.29, 1.82) is 0 Å². The van der Waals surface area contributed by atoms with E-state index < -0.39 is 14.9 Å². The summed E-state index contributed by atoms with van der Waals surface area (Å²) in [5.74, 6) is 0. The van der Waals surface area contributed by atoms with E-state index in [-0.39, 0.29) is 22.7 Å². The molecule has 0 radical (unpaired) electrons. The molecule has 0 spiro atoms. The Labute approximate surface area is 161 Å². The van der Waals surface area contributed by atoms with Crippen LogP contribution in [0.1, 0.15) is 18.6 Å². The number of rotatable bonds is 4. The summed E-state index contributed by atoms with van der Waals surface area (Å²) < 4.78 is 29.0. The highest BCUT2D eigenvalue weighted by molar-refractivity contribution is 7.89. The lowest BCUT2D eigenvalue weighted by atomic mass is 10.0. The molecule has 1 aliphatic heterocycles. The van der Waals surface area contributed by atoms with Gasteiger partial charge in [0.15, 0.2) is 0 Å². The van der Waals surface area contributed by atoms with E-state index in [0.29, 0.717) is 23.9 Å². The molecule has 1 saturated heterocycles. The van der Waals surface area contributed by atoms with Crippen LogP contribution in [-0.2, 0) is 14.8 Å². The third-order valence-electron chi connectivity index (χ3n) is 4.44. The van der Waals surface area contributed by atoms with Gasteiger partial charge in [0.05, 0.1) is 16.4 Å². The monoisotopic (exact) mass is 411 g/mol. The summed E-state index contributed by atoms with van der Waals surface area (Å²) in [5, 5.41) is 17.2. The van der Waals surface area contributed by atoms with Crippen LogP contribution in [0, 0.1) is 10.1 Å². The minimum atomic E-state index is -4.04. The molecule has 8 nitrogen and oxygen atoms in total. The van der Waals surface area contributed by atoms with Gasteiger partial charge in [-0.15, -0.1) is 0 Å². The summed E-state index contributed by atoms with van der Waals surface area (Å²) in [4.78, 5) is 12.5. The Morgan fingerprint density at radius 1 is 1.30 bits per heavy atom. The molecular formula is C17H18ClN3O5S. The molecule has 0 aliphatic carbocycles. The smallest absolute Gasteiger partial charge is 0.293 e. The van der Waals surface area contributed by atoms with E-state index in [2.05, 4.69) is 0 Å². The molecule has 10 heteroatoms. The maximum absolute atomic E-state index is 11.5. The largest absolute Gasteiger partial charge is 0.370 e. The molecule has 1 fully saturated rings. The number of benzene rings is 2. The van der Waals surface area contributed by atoms with Crippen LogP contribution in [0.3, 0.4) is 0 Å². The van der Waals surface area contributed by atoms with Crippen LogP contribution in [0.25, 0.3) is 0 Å². The van der Waals surface area contributed by atoms with E-state index >= 15 is 0 Å². The fourth-order valence-corrected chi connectivity index (χ4v) is 3.80. The maximum atomic E-state index is 11.5. The van der Waals surface area contributed by atoms with E-state index in [0.717, 1.165) is 11.6 Å². The van der Waals surface area contributed by atoms with E-state index in [9.17, 15) is 18.5 Å². The zero-order valence-corrected chi connectivity index (χ0v) is 16.0. The first-order valence-electron chi connectivity index (χ1n) is 8.12. The molecule has 27 heavy (non-hydrogen) atoms. The summed E-state index contributed by atoms with van der Waals surface area (Å²) in [5.41, 5.74) is 0.860. The highest BCUT2D eigenvalue weighted by Gasteiger charge is 2.32. The highest BCUT2D eigenvalue weighted by Crippen LogP contribution is 2.36. The van der Waals surface area contributed by atoms with Crippen molar-refractivity contribution < 1.29 is 18.1 Å². The van der Waals surface area contributed by atoms with Crippen molar-refractivity contribution in [3.63, 3.8) is 0 Å². The number of halogens is 1. The first-order chi connectivity index (χ1) is 12.7. The number of anilines is 1. The lowest BCUT2D eigenvalue weighted by Gasteiger charge is -2.39. The SMILES string of the molecule is CC1COC(c2cccc(Cl)c2)CN1c1ccc(S(N)(=O)=O)cc1[N+](=O)[O-]. The van der Waals surface area contributed by atoms with Crippen molar-refractivity contribution in [3.8, 4) is 0 Å². The van der Waals surface area contributed by atoms with Crippen molar-refractivity contribution in [2.75, 3.05) is 18.1 Å². The molecule has 1 heterocycles. The van der Waals surface area contributed by atoms with Crippen LogP contribution in [0.5, 0.6) is 0 Å². The van der Waals surface area contributed by atoms with Gasteiger partial charge in [0.2, 0.25) is 10.0 Å². The van der Waals surface area contributed by atoms with Gasteiger partial charge in [-0.3, -0.25) is 10.1 Å². The Bertz CT molecular complexity index is 982. The molecule has 144 valence electrons. The molecule has 2 atom stereocenters. The van der Waals surface area contributed by atoms with Gasteiger partial charge in [-0.1, -0.05) is 23.7 Å². The van der Waals surface area contributed by atoms with Crippen LogP contribution < -0.4 is 10.0 Å². The zero-order valence-electron chi connectivity index (χ0n) is 14.4. The molecule has 0 aromatic heterocycles. The predicted molar refractivity (Wildman–Crippen MR) is 101 cm³/mol. The third-order valence-corrected chi connectivity index (χ3v) is 5.58. The average molecular weight is 412 g/mol. The van der Waals surface area contributed by atoms with Crippen LogP contribution in [-0.4, -0.2) is 32.5 Å². The van der Waals surface area contributed by atoms with Crippen LogP contribution in [0.15, 0.2) is 47.4 Å². The van der Waals surface area contributed by atoms with Gasteiger partial charge in [-0.2, -0.15) is 0 Å². The molecule has 2 aromatic carbocycles. The number of hydrogen-bond donors (Lipinski definition) is 1. The van der Waals surface area contributed by atoms with Gasteiger partial charge in [-0.05, 0) is 36.8 Å². The van der Waals surface area contributed by atoms with Crippen LogP contribution in [0.2, 0.25) is 5.02 Å². The van der Waals surface area contributed by atoms with Crippen molar-refractivity contribution in [2.45, 2.75) is 24.0 Å². The number of nitro benzene ring substituents is 1. The Morgan fingerprint density at radius 2 is 2.04 bits per heavy atom. The van der Waals surface area contributed by atoms with Gasteiger partial charge < -0.3 is 9.64 Å². The van der Waals surface area contributed by atoms with Crippen molar-refractivity contribution >= 4 is 33.0 Å². The van der Waals surface area contributed by atoms with Crippen LogP contribution in [0.4, 0.5) is 11.4 Å². The zero-order chi connectivity index (χ0) is 19.8. The maximum Gasteiger partial charge on any atom is 0.293 e. The van der Waals surface area contributed by atoms with E-state index in [4.69, 9.17) is 21.5 Å². The molecule has 2 aromatic rings. The molecule has 0 amide bonds. The topological polar surface area (TPSA) is 116 Å². The Morgan fingerprint density at radius 3 is 2.67 bits per heavy atom. The summed E-state index contributed by atoms with van der Waals surface area (Å²) in [6.45, 7) is 2.59. The number of primary sulfonamides is 1. The number of nitrogens with two attached hydrogens (primary N) is 1. The first kappa shape index (κ1) is 19.6. The first-order valence-corrected chi connectivity index (χ1v) is 10.0. The molecule has 2 unspecified atom stereocenters. The van der Waals surface area contributed by atoms with Crippen molar-refractivity contribution in [3.05, 3.63) is 63.2 Å². The fourth-order valence-electron chi connectivity index (χ4n) is 3.07. The van der Waals surface area contributed by atoms with Gasteiger partial charge in [0.1, 0.15) is 11.8 Å². The molecule has 1 aliphatic rings. The second-order valence-corrected chi connectivity index (χ2v) is 8.33. The number of nitro groups is 1. The Balaban J connectivity index is 1.99. The second kappa shape index (κ2) is 7.43. The molecule has 0 saturated carbocycles. The van der Waals surface area contributed by atoms with E-state index in [1.165, 1.54) is 12.1 Å². The van der Waals surface area contributed by atoms with Crippen molar-refractivity contribution in [2.24, 2.45) is 5.14 Å². The number of nitrogens with zero attached hydrogens (tertiary/aromatic N) is 2. The van der Waals surface area contributed by atoms with Crippen molar-refractivity contribution in [1.82, 2.24) is 0 Å². The van der Waals surface area contributed by atoms with E-state index in [1.807, 2.05) is 24.0 Å². The molecular weight excluding hydrogens is 394 g/mol. The standard InChI is InChI=1S/C17H18ClN3O5S/c1-11-10-26-17(12-3-2-4-13(18)7-12)9-20(11)15-6-5-14(27(19,24)25)8-16(15)21(22)23/h2-8,11,17H,9-10H2,1H3,(H2,19,24,25). The number of morpholine rings is 1. The molecule has 2 N–H and O–H groups in total. The fraction of sp³-hybridized carbons (Fsp3) is 0.294. The highest BCUT2D eigenvalue weighted by atomic mass is 35.5. The lowest BCUT2D eigenvalue weighted by molar-refractivity contribution is -0.384. The quantitative estimate of drug-likeness (QED) is 0.610. The molecule has 3 rings (SSSR count). The van der Waals surface area contributed by atoms with Gasteiger partial charge >= 0.3 is 0 Å².